The third-order valence-corrected chi connectivity index (χ3v) is 7.32. The Hall–Kier alpha value is -1.89. The number of rotatable bonds is 5. The quantitative estimate of drug-likeness (QED) is 0.792. The number of hydrogen-bond acceptors (Lipinski definition) is 6. The summed E-state index contributed by atoms with van der Waals surface area (Å²) in [5, 5.41) is 11.7. The zero-order valence-corrected chi connectivity index (χ0v) is 16.2. The van der Waals surface area contributed by atoms with E-state index in [1.54, 1.807) is 12.4 Å². The van der Waals surface area contributed by atoms with Crippen molar-refractivity contribution in [2.45, 2.75) is 61.5 Å². The van der Waals surface area contributed by atoms with E-state index in [9.17, 15) is 4.79 Å². The van der Waals surface area contributed by atoms with Crippen molar-refractivity contribution in [2.75, 3.05) is 0 Å². The average Bonchev–Trinajstić information content (AvgIpc) is 3.09. The molecule has 0 aliphatic heterocycles. The second kappa shape index (κ2) is 6.62. The number of nitrogens with one attached hydrogen (secondary N) is 1. The smallest absolute Gasteiger partial charge is 0.277 e. The van der Waals surface area contributed by atoms with Gasteiger partial charge in [-0.15, -0.1) is 10.2 Å². The molecule has 4 saturated carbocycles. The Bertz CT molecular complexity index is 802. The molecule has 27 heavy (non-hydrogen) atoms. The van der Waals surface area contributed by atoms with Crippen molar-refractivity contribution >= 4 is 17.7 Å². The van der Waals surface area contributed by atoms with Crippen LogP contribution in [0, 0.1) is 17.8 Å². The molecule has 0 saturated heterocycles. The van der Waals surface area contributed by atoms with E-state index in [0.29, 0.717) is 11.1 Å². The van der Waals surface area contributed by atoms with Gasteiger partial charge in [-0.2, -0.15) is 0 Å². The summed E-state index contributed by atoms with van der Waals surface area (Å²) in [5.74, 6) is 2.97. The highest BCUT2D eigenvalue weighted by molar-refractivity contribution is 8.00. The van der Waals surface area contributed by atoms with Crippen molar-refractivity contribution in [3.05, 3.63) is 24.5 Å². The second-order valence-electron chi connectivity index (χ2n) is 8.56. The summed E-state index contributed by atoms with van der Waals surface area (Å²) < 4.78 is 5.71. The van der Waals surface area contributed by atoms with Crippen molar-refractivity contribution in [3.63, 3.8) is 0 Å². The lowest BCUT2D eigenvalue weighted by atomic mass is 9.53. The summed E-state index contributed by atoms with van der Waals surface area (Å²) in [7, 11) is 0. The van der Waals surface area contributed by atoms with Crippen LogP contribution in [0.4, 0.5) is 0 Å². The molecule has 1 amide bonds. The zero-order chi connectivity index (χ0) is 18.4. The Labute approximate surface area is 162 Å². The average molecular weight is 385 g/mol. The summed E-state index contributed by atoms with van der Waals surface area (Å²) in [6.45, 7) is 1.91. The van der Waals surface area contributed by atoms with E-state index >= 15 is 0 Å². The summed E-state index contributed by atoms with van der Waals surface area (Å²) >= 11 is 1.32. The number of hydrogen-bond donors (Lipinski definition) is 1. The molecular formula is C20H24N4O2S. The number of nitrogens with zero attached hydrogens (tertiary/aromatic N) is 3. The Morgan fingerprint density at radius 3 is 2.56 bits per heavy atom. The number of aromatic nitrogens is 3. The van der Waals surface area contributed by atoms with E-state index in [1.807, 2.05) is 19.1 Å². The Kier molecular flexibility index (Phi) is 4.22. The molecule has 7 heteroatoms. The van der Waals surface area contributed by atoms with Crippen LogP contribution >= 0.6 is 11.8 Å². The number of pyridine rings is 1. The van der Waals surface area contributed by atoms with E-state index in [0.717, 1.165) is 42.6 Å². The molecule has 142 valence electrons. The number of thioether (sulfide) groups is 1. The summed E-state index contributed by atoms with van der Waals surface area (Å²) in [4.78, 5) is 16.9. The fourth-order valence-corrected chi connectivity index (χ4v) is 6.38. The first-order chi connectivity index (χ1) is 13.1. The molecule has 1 atom stereocenters. The molecule has 1 N–H and O–H groups in total. The monoisotopic (exact) mass is 384 g/mol. The molecule has 6 rings (SSSR count). The molecule has 2 heterocycles. The van der Waals surface area contributed by atoms with E-state index in [-0.39, 0.29) is 16.7 Å². The molecular weight excluding hydrogens is 360 g/mol. The maximum Gasteiger partial charge on any atom is 0.277 e. The molecule has 0 spiro atoms. The largest absolute Gasteiger partial charge is 0.411 e. The van der Waals surface area contributed by atoms with E-state index in [2.05, 4.69) is 20.5 Å². The van der Waals surface area contributed by atoms with Gasteiger partial charge in [0.05, 0.1) is 10.8 Å². The van der Waals surface area contributed by atoms with Gasteiger partial charge in [0.15, 0.2) is 0 Å². The van der Waals surface area contributed by atoms with Crippen molar-refractivity contribution < 1.29 is 9.21 Å². The molecule has 0 radical (unpaired) electrons. The molecule has 4 aliphatic carbocycles. The minimum absolute atomic E-state index is 0.0381. The van der Waals surface area contributed by atoms with Crippen molar-refractivity contribution in [1.29, 1.82) is 0 Å². The molecule has 0 unspecified atom stereocenters. The number of amides is 1. The first kappa shape index (κ1) is 17.2. The highest BCUT2D eigenvalue weighted by atomic mass is 32.2. The highest BCUT2D eigenvalue weighted by Gasteiger charge is 2.51. The summed E-state index contributed by atoms with van der Waals surface area (Å²) in [6, 6.07) is 3.70. The first-order valence-electron chi connectivity index (χ1n) is 9.81. The van der Waals surface area contributed by atoms with Gasteiger partial charge in [0, 0.05) is 17.9 Å². The Morgan fingerprint density at radius 1 is 1.22 bits per heavy atom. The molecule has 6 nitrogen and oxygen atoms in total. The van der Waals surface area contributed by atoms with Crippen LogP contribution < -0.4 is 5.32 Å². The fraction of sp³-hybridized carbons (Fsp3) is 0.600. The Balaban J connectivity index is 1.23. The maximum absolute atomic E-state index is 12.9. The van der Waals surface area contributed by atoms with Crippen LogP contribution in [0.2, 0.25) is 0 Å². The predicted molar refractivity (Wildman–Crippen MR) is 102 cm³/mol. The molecule has 4 fully saturated rings. The predicted octanol–water partition coefficient (Wildman–Crippen LogP) is 3.70. The third-order valence-electron chi connectivity index (χ3n) is 6.39. The third kappa shape index (κ3) is 3.37. The van der Waals surface area contributed by atoms with Gasteiger partial charge < -0.3 is 9.73 Å². The summed E-state index contributed by atoms with van der Waals surface area (Å²) in [6.07, 6.45) is 11.0. The Morgan fingerprint density at radius 2 is 1.93 bits per heavy atom. The second-order valence-corrected chi connectivity index (χ2v) is 9.85. The van der Waals surface area contributed by atoms with Crippen molar-refractivity contribution in [1.82, 2.24) is 20.5 Å². The molecule has 4 aliphatic rings. The van der Waals surface area contributed by atoms with Crippen molar-refractivity contribution in [3.8, 4) is 11.5 Å². The number of carbonyl (C=O) groups excluding carboxylic acids is 1. The lowest BCUT2D eigenvalue weighted by Gasteiger charge is -2.57. The van der Waals surface area contributed by atoms with Crippen LogP contribution in [0.25, 0.3) is 11.5 Å². The fourth-order valence-electron chi connectivity index (χ4n) is 5.69. The van der Waals surface area contributed by atoms with Crippen molar-refractivity contribution in [2.24, 2.45) is 17.8 Å². The van der Waals surface area contributed by atoms with Gasteiger partial charge in [-0.25, -0.2) is 0 Å². The van der Waals surface area contributed by atoms with E-state index in [4.69, 9.17) is 4.42 Å². The van der Waals surface area contributed by atoms with Gasteiger partial charge >= 0.3 is 0 Å². The van der Waals surface area contributed by atoms with Crippen LogP contribution in [0.5, 0.6) is 0 Å². The van der Waals surface area contributed by atoms with Gasteiger partial charge in [-0.1, -0.05) is 11.8 Å². The van der Waals surface area contributed by atoms with Crippen LogP contribution in [0.3, 0.4) is 0 Å². The minimum atomic E-state index is -0.264. The van der Waals surface area contributed by atoms with Gasteiger partial charge in [-0.3, -0.25) is 9.78 Å². The van der Waals surface area contributed by atoms with Crippen LogP contribution in [-0.4, -0.2) is 31.9 Å². The standard InChI is InChI=1S/C20H24N4O2S/c1-12(27-19-24-23-18(26-19)16-3-2-4-21-11-16)17(25)22-20-8-13-5-14(9-20)7-15(6-13)10-20/h2-4,11-15H,5-10H2,1H3,(H,22,25)/t12-,13?,14?,15?,20?/m1/s1. The zero-order valence-electron chi connectivity index (χ0n) is 15.4. The number of carbonyl (C=O) groups is 1. The SMILES string of the molecule is C[C@@H](Sc1nnc(-c2cccnc2)o1)C(=O)NC12CC3CC(CC(C3)C1)C2. The van der Waals surface area contributed by atoms with E-state index in [1.165, 1.54) is 31.0 Å². The maximum atomic E-state index is 12.9. The first-order valence-corrected chi connectivity index (χ1v) is 10.7. The highest BCUT2D eigenvalue weighted by Crippen LogP contribution is 2.55. The molecule has 0 aromatic carbocycles. The normalized spacial score (nSPS) is 32.4. The lowest BCUT2D eigenvalue weighted by Crippen LogP contribution is -2.60. The minimum Gasteiger partial charge on any atom is -0.411 e. The van der Waals surface area contributed by atoms with Gasteiger partial charge in [0.25, 0.3) is 5.22 Å². The molecule has 4 bridgehead atoms. The van der Waals surface area contributed by atoms with Gasteiger partial charge in [-0.05, 0) is 75.3 Å². The topological polar surface area (TPSA) is 80.9 Å². The lowest BCUT2D eigenvalue weighted by molar-refractivity contribution is -0.126. The van der Waals surface area contributed by atoms with E-state index < -0.39 is 0 Å². The van der Waals surface area contributed by atoms with Crippen LogP contribution in [0.1, 0.15) is 45.4 Å². The molecule has 2 aromatic rings. The van der Waals surface area contributed by atoms with Crippen LogP contribution in [0.15, 0.2) is 34.2 Å². The van der Waals surface area contributed by atoms with Gasteiger partial charge in [0.2, 0.25) is 11.8 Å². The van der Waals surface area contributed by atoms with Gasteiger partial charge in [0.1, 0.15) is 0 Å². The summed E-state index contributed by atoms with van der Waals surface area (Å²) in [5.41, 5.74) is 0.818. The van der Waals surface area contributed by atoms with Crippen LogP contribution in [-0.2, 0) is 4.79 Å². The molecule has 2 aromatic heterocycles.